The van der Waals surface area contributed by atoms with E-state index in [1.165, 1.54) is 12.5 Å². The SMILES string of the molecule is CC/C=C(\C=C(\C)CC)Cn1cc(CCCc2ccc(OC(C)C(=O)O)cc2)n(Cc2ccncc2)c1=O. The molecule has 0 saturated heterocycles. The molecule has 38 heavy (non-hydrogen) atoms. The van der Waals surface area contributed by atoms with Gasteiger partial charge in [0.25, 0.3) is 0 Å². The van der Waals surface area contributed by atoms with Crippen LogP contribution < -0.4 is 10.4 Å². The summed E-state index contributed by atoms with van der Waals surface area (Å²) in [6, 6.07) is 11.4. The molecule has 0 amide bonds. The molecule has 1 N–H and O–H groups in total. The summed E-state index contributed by atoms with van der Waals surface area (Å²) >= 11 is 0. The van der Waals surface area contributed by atoms with Gasteiger partial charge in [-0.3, -0.25) is 14.1 Å². The number of hydrogen-bond donors (Lipinski definition) is 1. The lowest BCUT2D eigenvalue weighted by Crippen LogP contribution is -2.26. The maximum atomic E-state index is 13.5. The van der Waals surface area contributed by atoms with Gasteiger partial charge in [0.1, 0.15) is 5.75 Å². The molecule has 0 aliphatic rings. The number of aryl methyl sites for hydroxylation is 2. The molecule has 3 aromatic rings. The van der Waals surface area contributed by atoms with Gasteiger partial charge in [0.15, 0.2) is 6.10 Å². The molecule has 0 spiro atoms. The number of hydrogen-bond acceptors (Lipinski definition) is 4. The second-order valence-corrected chi connectivity index (χ2v) is 9.60. The van der Waals surface area contributed by atoms with Crippen molar-refractivity contribution in [2.75, 3.05) is 0 Å². The van der Waals surface area contributed by atoms with Crippen molar-refractivity contribution in [1.29, 1.82) is 0 Å². The van der Waals surface area contributed by atoms with E-state index in [1.54, 1.807) is 24.5 Å². The van der Waals surface area contributed by atoms with Gasteiger partial charge in [-0.05, 0) is 86.9 Å². The minimum absolute atomic E-state index is 0.00424. The Hall–Kier alpha value is -3.87. The molecule has 0 aliphatic heterocycles. The summed E-state index contributed by atoms with van der Waals surface area (Å²) in [5.41, 5.74) is 5.63. The Balaban J connectivity index is 1.77. The Morgan fingerprint density at radius 1 is 1.08 bits per heavy atom. The smallest absolute Gasteiger partial charge is 0.344 e. The Bertz CT molecular complexity index is 1300. The highest BCUT2D eigenvalue weighted by Gasteiger charge is 2.14. The molecule has 1 aromatic carbocycles. The molecular weight excluding hydrogens is 478 g/mol. The van der Waals surface area contributed by atoms with E-state index in [0.29, 0.717) is 18.8 Å². The quantitative estimate of drug-likeness (QED) is 0.273. The van der Waals surface area contributed by atoms with Crippen molar-refractivity contribution in [3.8, 4) is 5.75 Å². The fourth-order valence-corrected chi connectivity index (χ4v) is 4.24. The monoisotopic (exact) mass is 517 g/mol. The lowest BCUT2D eigenvalue weighted by atomic mass is 10.1. The van der Waals surface area contributed by atoms with E-state index in [-0.39, 0.29) is 5.69 Å². The summed E-state index contributed by atoms with van der Waals surface area (Å²) in [5, 5.41) is 9.02. The van der Waals surface area contributed by atoms with Crippen LogP contribution in [0.3, 0.4) is 0 Å². The number of carboxylic acids is 1. The molecule has 0 fully saturated rings. The molecule has 7 heteroatoms. The second kappa shape index (κ2) is 14.2. The number of pyridine rings is 1. The second-order valence-electron chi connectivity index (χ2n) is 9.60. The molecule has 1 atom stereocenters. The van der Waals surface area contributed by atoms with Crippen LogP contribution in [0.4, 0.5) is 0 Å². The number of benzene rings is 1. The number of aliphatic carboxylic acids is 1. The van der Waals surface area contributed by atoms with E-state index in [4.69, 9.17) is 9.84 Å². The molecule has 7 nitrogen and oxygen atoms in total. The van der Waals surface area contributed by atoms with Gasteiger partial charge < -0.3 is 9.84 Å². The van der Waals surface area contributed by atoms with Crippen molar-refractivity contribution in [1.82, 2.24) is 14.1 Å². The topological polar surface area (TPSA) is 86.3 Å². The van der Waals surface area contributed by atoms with Crippen LogP contribution in [0.1, 0.15) is 63.8 Å². The summed E-state index contributed by atoms with van der Waals surface area (Å²) in [7, 11) is 0. The van der Waals surface area contributed by atoms with Crippen molar-refractivity contribution in [2.45, 2.75) is 79.0 Å². The van der Waals surface area contributed by atoms with Gasteiger partial charge in [-0.25, -0.2) is 9.59 Å². The van der Waals surface area contributed by atoms with E-state index in [9.17, 15) is 9.59 Å². The highest BCUT2D eigenvalue weighted by Crippen LogP contribution is 2.17. The van der Waals surface area contributed by atoms with Gasteiger partial charge >= 0.3 is 11.7 Å². The largest absolute Gasteiger partial charge is 0.479 e. The van der Waals surface area contributed by atoms with Gasteiger partial charge in [0.05, 0.1) is 13.1 Å². The molecule has 0 aliphatic carbocycles. The first-order valence-electron chi connectivity index (χ1n) is 13.3. The minimum atomic E-state index is -0.993. The maximum absolute atomic E-state index is 13.5. The van der Waals surface area contributed by atoms with E-state index < -0.39 is 12.1 Å². The van der Waals surface area contributed by atoms with Crippen LogP contribution in [-0.4, -0.2) is 31.3 Å². The number of rotatable bonds is 14. The number of allylic oxidation sites excluding steroid dienone is 4. The van der Waals surface area contributed by atoms with Crippen LogP contribution in [0.25, 0.3) is 0 Å². The van der Waals surface area contributed by atoms with E-state index in [1.807, 2.05) is 39.6 Å². The standard InChI is InChI=1S/C31H39N3O4/c1-5-8-27(19-23(3)6-2)20-33-22-28(34(31(33)37)21-26-15-17-32-18-16-26)10-7-9-25-11-13-29(14-12-25)38-24(4)30(35)36/h8,11-19,22,24H,5-7,9-10,20-21H2,1-4H3,(H,35,36)/b23-19-,27-8+. The Morgan fingerprint density at radius 2 is 1.79 bits per heavy atom. The Labute approximate surface area is 225 Å². The molecule has 202 valence electrons. The summed E-state index contributed by atoms with van der Waals surface area (Å²) in [4.78, 5) is 28.6. The average molecular weight is 518 g/mol. The number of ether oxygens (including phenoxy) is 1. The van der Waals surface area contributed by atoms with Crippen LogP contribution >= 0.6 is 0 Å². The van der Waals surface area contributed by atoms with Gasteiger partial charge in [-0.2, -0.15) is 0 Å². The summed E-state index contributed by atoms with van der Waals surface area (Å²) in [6.45, 7) is 8.95. The molecule has 0 radical (unpaired) electrons. The summed E-state index contributed by atoms with van der Waals surface area (Å²) in [5.74, 6) is -0.456. The number of carbonyl (C=O) groups is 1. The van der Waals surface area contributed by atoms with Crippen LogP contribution in [0.2, 0.25) is 0 Å². The molecular formula is C31H39N3O4. The van der Waals surface area contributed by atoms with Crippen molar-refractivity contribution in [2.24, 2.45) is 0 Å². The predicted molar refractivity (Wildman–Crippen MR) is 151 cm³/mol. The highest BCUT2D eigenvalue weighted by atomic mass is 16.5. The third kappa shape index (κ3) is 8.33. The lowest BCUT2D eigenvalue weighted by molar-refractivity contribution is -0.144. The molecule has 3 rings (SSSR count). The lowest BCUT2D eigenvalue weighted by Gasteiger charge is -2.11. The average Bonchev–Trinajstić information content (AvgIpc) is 3.19. The third-order valence-corrected chi connectivity index (χ3v) is 6.51. The first kappa shape index (κ1) is 28.7. The van der Waals surface area contributed by atoms with Gasteiger partial charge in [0.2, 0.25) is 0 Å². The number of aromatic nitrogens is 3. The minimum Gasteiger partial charge on any atom is -0.479 e. The molecule has 0 saturated carbocycles. The fourth-order valence-electron chi connectivity index (χ4n) is 4.24. The number of nitrogens with zero attached hydrogens (tertiary/aromatic N) is 3. The Kier molecular flexibility index (Phi) is 10.7. The van der Waals surface area contributed by atoms with Gasteiger partial charge in [-0.1, -0.05) is 43.7 Å². The molecule has 0 bridgehead atoms. The van der Waals surface area contributed by atoms with Crippen molar-refractivity contribution in [3.63, 3.8) is 0 Å². The van der Waals surface area contributed by atoms with Crippen LogP contribution in [0, 0.1) is 0 Å². The van der Waals surface area contributed by atoms with Crippen LogP contribution in [0.5, 0.6) is 5.75 Å². The zero-order chi connectivity index (χ0) is 27.5. The number of imidazole rings is 1. The fraction of sp³-hybridized carbons (Fsp3) is 0.387. The molecule has 1 unspecified atom stereocenters. The highest BCUT2D eigenvalue weighted by molar-refractivity contribution is 5.72. The number of carboxylic acid groups (broad SMARTS) is 1. The first-order chi connectivity index (χ1) is 18.3. The van der Waals surface area contributed by atoms with Crippen molar-refractivity contribution in [3.05, 3.63) is 106 Å². The zero-order valence-electron chi connectivity index (χ0n) is 22.9. The zero-order valence-corrected chi connectivity index (χ0v) is 22.9. The van der Waals surface area contributed by atoms with Crippen molar-refractivity contribution >= 4 is 5.97 Å². The van der Waals surface area contributed by atoms with E-state index in [0.717, 1.165) is 54.5 Å². The normalized spacial score (nSPS) is 12.9. The van der Waals surface area contributed by atoms with Crippen LogP contribution in [-0.2, 0) is 30.7 Å². The first-order valence-corrected chi connectivity index (χ1v) is 13.3. The van der Waals surface area contributed by atoms with Gasteiger partial charge in [0, 0.05) is 24.3 Å². The molecule has 2 heterocycles. The van der Waals surface area contributed by atoms with Crippen LogP contribution in [0.15, 0.2) is 83.1 Å². The predicted octanol–water partition coefficient (Wildman–Crippen LogP) is 5.81. The Morgan fingerprint density at radius 3 is 2.42 bits per heavy atom. The third-order valence-electron chi connectivity index (χ3n) is 6.51. The van der Waals surface area contributed by atoms with Crippen molar-refractivity contribution < 1.29 is 14.6 Å². The summed E-state index contributed by atoms with van der Waals surface area (Å²) in [6.07, 6.45) is 13.4. The maximum Gasteiger partial charge on any atom is 0.344 e. The van der Waals surface area contributed by atoms with E-state index >= 15 is 0 Å². The summed E-state index contributed by atoms with van der Waals surface area (Å²) < 4.78 is 9.12. The van der Waals surface area contributed by atoms with Gasteiger partial charge in [-0.15, -0.1) is 0 Å². The molecule has 2 aromatic heterocycles. The van der Waals surface area contributed by atoms with E-state index in [2.05, 4.69) is 37.9 Å².